The first kappa shape index (κ1) is 18.1. The molecule has 4 aromatic rings. The maximum Gasteiger partial charge on any atom is 0.261 e. The molecule has 0 bridgehead atoms. The Kier molecular flexibility index (Phi) is 4.64. The van der Waals surface area contributed by atoms with E-state index in [9.17, 15) is 4.79 Å². The number of nitrogens with zero attached hydrogens (tertiary/aromatic N) is 3. The minimum absolute atomic E-state index is 0.0131. The van der Waals surface area contributed by atoms with Gasteiger partial charge in [0.2, 0.25) is 0 Å². The van der Waals surface area contributed by atoms with Crippen LogP contribution in [0.15, 0.2) is 59.8 Å². The third-order valence-electron chi connectivity index (χ3n) is 5.68. The highest BCUT2D eigenvalue weighted by molar-refractivity contribution is 6.32. The molecular weight excluding hydrogens is 361 g/mol. The number of fused-ring (bicyclic) bond motifs is 3. The van der Waals surface area contributed by atoms with E-state index in [0.717, 1.165) is 40.4 Å². The van der Waals surface area contributed by atoms with Crippen LogP contribution in [-0.4, -0.2) is 35.6 Å². The van der Waals surface area contributed by atoms with Crippen LogP contribution in [0.25, 0.3) is 21.7 Å². The molecule has 1 saturated heterocycles. The monoisotopic (exact) mass is 381 g/mol. The van der Waals surface area contributed by atoms with E-state index in [1.54, 1.807) is 17.1 Å². The number of pyridine rings is 1. The minimum atomic E-state index is 0.0131. The Bertz CT molecular complexity index is 1240. The van der Waals surface area contributed by atoms with Gasteiger partial charge < -0.3 is 4.74 Å². The molecule has 29 heavy (non-hydrogen) atoms. The van der Waals surface area contributed by atoms with Crippen molar-refractivity contribution < 1.29 is 4.74 Å². The van der Waals surface area contributed by atoms with Crippen LogP contribution in [0.3, 0.4) is 0 Å². The van der Waals surface area contributed by atoms with Gasteiger partial charge in [0.15, 0.2) is 0 Å². The van der Waals surface area contributed by atoms with Crippen LogP contribution in [-0.2, 0) is 11.2 Å². The molecule has 2 aromatic heterocycles. The lowest BCUT2D eigenvalue weighted by molar-refractivity contribution is 0.0685. The van der Waals surface area contributed by atoms with Gasteiger partial charge in [-0.25, -0.2) is 4.98 Å². The van der Waals surface area contributed by atoms with Gasteiger partial charge in [0.05, 0.1) is 17.2 Å². The summed E-state index contributed by atoms with van der Waals surface area (Å²) in [4.78, 5) is 22.5. The van der Waals surface area contributed by atoms with Crippen LogP contribution in [0, 0.1) is 0 Å². The number of aromatic nitrogens is 3. The number of rotatable bonds is 3. The summed E-state index contributed by atoms with van der Waals surface area (Å²) in [6, 6.07) is 14.0. The van der Waals surface area contributed by atoms with Gasteiger partial charge in [-0.1, -0.05) is 35.8 Å². The third kappa shape index (κ3) is 3.34. The van der Waals surface area contributed by atoms with Crippen molar-refractivity contribution in [2.24, 2.45) is 0 Å². The van der Waals surface area contributed by atoms with Crippen molar-refractivity contribution in [2.75, 3.05) is 13.2 Å². The maximum absolute atomic E-state index is 13.4. The van der Waals surface area contributed by atoms with Crippen molar-refractivity contribution in [3.05, 3.63) is 76.6 Å². The quantitative estimate of drug-likeness (QED) is 0.405. The van der Waals surface area contributed by atoms with Crippen LogP contribution in [0.2, 0.25) is 0 Å². The Morgan fingerprint density at radius 3 is 2.59 bits per heavy atom. The fourth-order valence-corrected chi connectivity index (χ4v) is 4.15. The van der Waals surface area contributed by atoms with Crippen LogP contribution in [0.1, 0.15) is 30.1 Å². The predicted octanol–water partition coefficient (Wildman–Crippen LogP) is 2.68. The van der Waals surface area contributed by atoms with E-state index in [-0.39, 0.29) is 11.6 Å². The Morgan fingerprint density at radius 1 is 1.03 bits per heavy atom. The van der Waals surface area contributed by atoms with Gasteiger partial charge in [-0.2, -0.15) is 0 Å². The van der Waals surface area contributed by atoms with Gasteiger partial charge in [-0.05, 0) is 35.9 Å². The van der Waals surface area contributed by atoms with Crippen LogP contribution in [0.5, 0.6) is 0 Å². The average Bonchev–Trinajstić information content (AvgIpc) is 2.77. The number of ether oxygens (including phenoxy) is 1. The second-order valence-corrected chi connectivity index (χ2v) is 7.54. The molecule has 3 heterocycles. The predicted molar refractivity (Wildman–Crippen MR) is 115 cm³/mol. The van der Waals surface area contributed by atoms with E-state index in [1.165, 1.54) is 0 Å². The van der Waals surface area contributed by atoms with Gasteiger partial charge in [-0.15, -0.1) is 0 Å². The highest BCUT2D eigenvalue weighted by Crippen LogP contribution is 2.28. The number of hydrogen-bond acceptors (Lipinski definition) is 4. The standard InChI is InChI=1S/C23H20BN3O2/c24-16-5-6-17(25-13-16)11-15-12-21-22(20-4-2-1-3-19(15)20)26-14-27(23(21)28)18-7-9-29-10-8-18/h1-6,12-14,18H,7-11H2. The van der Waals surface area contributed by atoms with Crippen molar-refractivity contribution in [1.29, 1.82) is 0 Å². The highest BCUT2D eigenvalue weighted by atomic mass is 16.5. The highest BCUT2D eigenvalue weighted by Gasteiger charge is 2.19. The Morgan fingerprint density at radius 2 is 1.83 bits per heavy atom. The molecule has 0 N–H and O–H groups in total. The Hall–Kier alpha value is -2.99. The Labute approximate surface area is 169 Å². The fraction of sp³-hybridized carbons (Fsp3) is 0.261. The smallest absolute Gasteiger partial charge is 0.261 e. The summed E-state index contributed by atoms with van der Waals surface area (Å²) in [5.74, 6) is 0. The molecule has 2 radical (unpaired) electrons. The first-order chi connectivity index (χ1) is 14.2. The first-order valence-corrected chi connectivity index (χ1v) is 9.90. The maximum atomic E-state index is 13.4. The lowest BCUT2D eigenvalue weighted by Gasteiger charge is -2.24. The molecule has 0 unspecified atom stereocenters. The molecule has 1 aliphatic heterocycles. The Balaban J connectivity index is 1.69. The van der Waals surface area contributed by atoms with E-state index in [1.807, 2.05) is 36.4 Å². The van der Waals surface area contributed by atoms with E-state index >= 15 is 0 Å². The molecule has 1 aliphatic rings. The zero-order valence-corrected chi connectivity index (χ0v) is 16.0. The normalized spacial score (nSPS) is 15.2. The average molecular weight is 381 g/mol. The summed E-state index contributed by atoms with van der Waals surface area (Å²) >= 11 is 0. The summed E-state index contributed by atoms with van der Waals surface area (Å²) in [5.41, 5.74) is 3.38. The van der Waals surface area contributed by atoms with Crippen molar-refractivity contribution in [2.45, 2.75) is 25.3 Å². The first-order valence-electron chi connectivity index (χ1n) is 9.90. The summed E-state index contributed by atoms with van der Waals surface area (Å²) in [7, 11) is 5.77. The summed E-state index contributed by atoms with van der Waals surface area (Å²) in [5, 5.41) is 2.74. The second kappa shape index (κ2) is 7.45. The molecule has 5 nitrogen and oxygen atoms in total. The molecule has 0 amide bonds. The largest absolute Gasteiger partial charge is 0.381 e. The minimum Gasteiger partial charge on any atom is -0.381 e. The number of hydrogen-bond donors (Lipinski definition) is 0. The van der Waals surface area contributed by atoms with Crippen molar-refractivity contribution in [3.63, 3.8) is 0 Å². The molecule has 1 fully saturated rings. The van der Waals surface area contributed by atoms with E-state index in [4.69, 9.17) is 17.6 Å². The summed E-state index contributed by atoms with van der Waals surface area (Å²) in [6.45, 7) is 1.36. The topological polar surface area (TPSA) is 57.0 Å². The van der Waals surface area contributed by atoms with Gasteiger partial charge in [0.25, 0.3) is 5.56 Å². The molecular formula is C23H20BN3O2. The fourth-order valence-electron chi connectivity index (χ4n) is 4.15. The summed E-state index contributed by atoms with van der Waals surface area (Å²) < 4.78 is 7.23. The van der Waals surface area contributed by atoms with Crippen molar-refractivity contribution >= 4 is 35.0 Å². The van der Waals surface area contributed by atoms with Crippen LogP contribution < -0.4 is 11.0 Å². The van der Waals surface area contributed by atoms with E-state index in [0.29, 0.717) is 30.5 Å². The van der Waals surface area contributed by atoms with Crippen LogP contribution in [0.4, 0.5) is 0 Å². The molecule has 0 spiro atoms. The lowest BCUT2D eigenvalue weighted by atomic mass is 9.95. The van der Waals surface area contributed by atoms with Crippen LogP contribution >= 0.6 is 0 Å². The molecule has 2 aromatic carbocycles. The molecule has 0 atom stereocenters. The zero-order chi connectivity index (χ0) is 19.8. The van der Waals surface area contributed by atoms with Gasteiger partial charge in [0, 0.05) is 43.0 Å². The molecule has 0 aliphatic carbocycles. The SMILES string of the molecule is [B]c1ccc(Cc2cc3c(=O)n(C4CCOCC4)cnc3c3ccccc23)nc1. The van der Waals surface area contributed by atoms with E-state index in [2.05, 4.69) is 11.1 Å². The van der Waals surface area contributed by atoms with Gasteiger partial charge in [-0.3, -0.25) is 14.3 Å². The van der Waals surface area contributed by atoms with Gasteiger partial charge in [0.1, 0.15) is 7.85 Å². The van der Waals surface area contributed by atoms with Gasteiger partial charge >= 0.3 is 0 Å². The molecule has 6 heteroatoms. The third-order valence-corrected chi connectivity index (χ3v) is 5.68. The van der Waals surface area contributed by atoms with Crippen molar-refractivity contribution in [1.82, 2.24) is 14.5 Å². The molecule has 5 rings (SSSR count). The molecule has 142 valence electrons. The lowest BCUT2D eigenvalue weighted by Crippen LogP contribution is -2.29. The number of benzene rings is 2. The van der Waals surface area contributed by atoms with E-state index < -0.39 is 0 Å². The van der Waals surface area contributed by atoms with Crippen molar-refractivity contribution in [3.8, 4) is 0 Å². The second-order valence-electron chi connectivity index (χ2n) is 7.54. The summed E-state index contributed by atoms with van der Waals surface area (Å²) in [6.07, 6.45) is 5.67. The molecule has 0 saturated carbocycles. The zero-order valence-electron chi connectivity index (χ0n) is 16.0.